The molecule has 78 valence electrons. The minimum atomic E-state index is 0.178. The molecule has 0 saturated carbocycles. The van der Waals surface area contributed by atoms with Gasteiger partial charge in [0.25, 0.3) is 0 Å². The minimum absolute atomic E-state index is 0.178. The molecule has 0 atom stereocenters. The van der Waals surface area contributed by atoms with E-state index in [4.69, 9.17) is 13.9 Å². The number of carbonyl (C=O) groups excluding carboxylic acids is 1. The molecule has 4 nitrogen and oxygen atoms in total. The van der Waals surface area contributed by atoms with Crippen LogP contribution in [-0.2, 0) is 0 Å². The van der Waals surface area contributed by atoms with E-state index in [1.165, 1.54) is 7.11 Å². The number of benzene rings is 1. The molecule has 1 aromatic heterocycles. The lowest BCUT2D eigenvalue weighted by atomic mass is 10.2. The number of methoxy groups -OCH3 is 2. The Kier molecular flexibility index (Phi) is 2.33. The Bertz CT molecular complexity index is 499. The maximum absolute atomic E-state index is 10.7. The first-order valence-electron chi connectivity index (χ1n) is 4.40. The molecule has 0 aliphatic carbocycles. The fourth-order valence-corrected chi connectivity index (χ4v) is 1.54. The van der Waals surface area contributed by atoms with Crippen LogP contribution in [0.2, 0.25) is 0 Å². The molecule has 0 spiro atoms. The van der Waals surface area contributed by atoms with Gasteiger partial charge < -0.3 is 13.9 Å². The zero-order valence-corrected chi connectivity index (χ0v) is 8.44. The Morgan fingerprint density at radius 2 is 2.07 bits per heavy atom. The second-order valence-electron chi connectivity index (χ2n) is 2.95. The molecule has 2 aromatic rings. The summed E-state index contributed by atoms with van der Waals surface area (Å²) in [5.74, 6) is 1.20. The molecule has 0 aliphatic rings. The van der Waals surface area contributed by atoms with E-state index in [9.17, 15) is 4.79 Å². The Morgan fingerprint density at radius 1 is 1.27 bits per heavy atom. The average molecular weight is 206 g/mol. The topological polar surface area (TPSA) is 48.7 Å². The standard InChI is InChI=1S/C11H10O4/c1-13-8-5-3-4-7-10(14-2)9(6-12)15-11(7)8/h3-6H,1-2H3. The molecular formula is C11H10O4. The van der Waals surface area contributed by atoms with Crippen LogP contribution in [0.25, 0.3) is 11.0 Å². The number of fused-ring (bicyclic) bond motifs is 1. The quantitative estimate of drug-likeness (QED) is 0.723. The first-order valence-corrected chi connectivity index (χ1v) is 4.40. The van der Waals surface area contributed by atoms with E-state index in [2.05, 4.69) is 0 Å². The van der Waals surface area contributed by atoms with Gasteiger partial charge in [0.15, 0.2) is 23.4 Å². The van der Waals surface area contributed by atoms with Crippen LogP contribution in [0.5, 0.6) is 11.5 Å². The van der Waals surface area contributed by atoms with Gasteiger partial charge in [-0.3, -0.25) is 4.79 Å². The lowest BCUT2D eigenvalue weighted by Gasteiger charge is -1.99. The number of hydrogen-bond donors (Lipinski definition) is 0. The van der Waals surface area contributed by atoms with Gasteiger partial charge in [0.05, 0.1) is 19.6 Å². The van der Waals surface area contributed by atoms with E-state index >= 15 is 0 Å². The number of rotatable bonds is 3. The van der Waals surface area contributed by atoms with E-state index in [-0.39, 0.29) is 5.76 Å². The molecule has 0 aliphatic heterocycles. The van der Waals surface area contributed by atoms with E-state index in [1.807, 2.05) is 12.1 Å². The first kappa shape index (κ1) is 9.58. The number of aldehydes is 1. The van der Waals surface area contributed by atoms with E-state index in [1.54, 1.807) is 13.2 Å². The molecule has 0 unspecified atom stereocenters. The normalized spacial score (nSPS) is 10.3. The van der Waals surface area contributed by atoms with Crippen molar-refractivity contribution in [3.8, 4) is 11.5 Å². The molecule has 0 N–H and O–H groups in total. The second-order valence-corrected chi connectivity index (χ2v) is 2.95. The molecule has 0 amide bonds. The van der Waals surface area contributed by atoms with Crippen molar-refractivity contribution in [2.45, 2.75) is 0 Å². The summed E-state index contributed by atoms with van der Waals surface area (Å²) in [7, 11) is 3.04. The molecule has 1 heterocycles. The first-order chi connectivity index (χ1) is 7.31. The predicted octanol–water partition coefficient (Wildman–Crippen LogP) is 2.26. The van der Waals surface area contributed by atoms with Crippen LogP contribution in [0.4, 0.5) is 0 Å². The summed E-state index contributed by atoms with van der Waals surface area (Å²) in [6.07, 6.45) is 0.623. The number of ether oxygens (including phenoxy) is 2. The molecule has 0 saturated heterocycles. The number of para-hydroxylation sites is 1. The summed E-state index contributed by atoms with van der Waals surface area (Å²) in [6.45, 7) is 0. The van der Waals surface area contributed by atoms with Gasteiger partial charge in [0, 0.05) is 0 Å². The maximum atomic E-state index is 10.7. The minimum Gasteiger partial charge on any atom is -0.493 e. The SMILES string of the molecule is COc1c(C=O)oc2c(OC)cccc12. The second kappa shape index (κ2) is 3.65. The van der Waals surface area contributed by atoms with Crippen molar-refractivity contribution in [3.63, 3.8) is 0 Å². The molecule has 4 heteroatoms. The van der Waals surface area contributed by atoms with Crippen LogP contribution in [0.3, 0.4) is 0 Å². The van der Waals surface area contributed by atoms with Crippen LogP contribution in [0.1, 0.15) is 10.6 Å². The van der Waals surface area contributed by atoms with Crippen LogP contribution in [0.15, 0.2) is 22.6 Å². The third-order valence-electron chi connectivity index (χ3n) is 2.19. The highest BCUT2D eigenvalue weighted by molar-refractivity contribution is 5.95. The van der Waals surface area contributed by atoms with Crippen molar-refractivity contribution in [1.82, 2.24) is 0 Å². The van der Waals surface area contributed by atoms with Gasteiger partial charge in [0.1, 0.15) is 0 Å². The molecule has 0 bridgehead atoms. The lowest BCUT2D eigenvalue weighted by Crippen LogP contribution is -1.85. The predicted molar refractivity (Wildman–Crippen MR) is 54.7 cm³/mol. The van der Waals surface area contributed by atoms with E-state index in [0.717, 1.165) is 5.39 Å². The molecule has 0 fully saturated rings. The monoisotopic (exact) mass is 206 g/mol. The van der Waals surface area contributed by atoms with E-state index in [0.29, 0.717) is 23.4 Å². The molecular weight excluding hydrogens is 196 g/mol. The van der Waals surface area contributed by atoms with Gasteiger partial charge in [-0.15, -0.1) is 0 Å². The smallest absolute Gasteiger partial charge is 0.209 e. The lowest BCUT2D eigenvalue weighted by molar-refractivity contribution is 0.109. The molecule has 1 aromatic carbocycles. The fraction of sp³-hybridized carbons (Fsp3) is 0.182. The number of hydrogen-bond acceptors (Lipinski definition) is 4. The largest absolute Gasteiger partial charge is 0.493 e. The molecule has 0 radical (unpaired) electrons. The van der Waals surface area contributed by atoms with Crippen molar-refractivity contribution < 1.29 is 18.7 Å². The highest BCUT2D eigenvalue weighted by Gasteiger charge is 2.16. The van der Waals surface area contributed by atoms with Crippen LogP contribution in [-0.4, -0.2) is 20.5 Å². The molecule has 2 rings (SSSR count). The Balaban J connectivity index is 2.80. The van der Waals surface area contributed by atoms with Gasteiger partial charge in [-0.2, -0.15) is 0 Å². The fourth-order valence-electron chi connectivity index (χ4n) is 1.54. The average Bonchev–Trinajstić information content (AvgIpc) is 2.66. The highest BCUT2D eigenvalue weighted by atomic mass is 16.5. The third kappa shape index (κ3) is 1.34. The van der Waals surface area contributed by atoms with Crippen LogP contribution in [0, 0.1) is 0 Å². The van der Waals surface area contributed by atoms with Gasteiger partial charge in [-0.25, -0.2) is 0 Å². The summed E-state index contributed by atoms with van der Waals surface area (Å²) in [5, 5.41) is 0.735. The van der Waals surface area contributed by atoms with Crippen LogP contribution >= 0.6 is 0 Å². The number of carbonyl (C=O) groups is 1. The summed E-state index contributed by atoms with van der Waals surface area (Å²) in [6, 6.07) is 5.39. The summed E-state index contributed by atoms with van der Waals surface area (Å²) < 4.78 is 15.6. The van der Waals surface area contributed by atoms with Gasteiger partial charge in [-0.05, 0) is 12.1 Å². The van der Waals surface area contributed by atoms with Crippen molar-refractivity contribution in [3.05, 3.63) is 24.0 Å². The summed E-state index contributed by atoms with van der Waals surface area (Å²) in [5.41, 5.74) is 0.527. The Morgan fingerprint density at radius 3 is 2.67 bits per heavy atom. The zero-order valence-electron chi connectivity index (χ0n) is 8.44. The zero-order chi connectivity index (χ0) is 10.8. The molecule has 15 heavy (non-hydrogen) atoms. The Labute approximate surface area is 86.4 Å². The van der Waals surface area contributed by atoms with Crippen LogP contribution < -0.4 is 9.47 Å². The van der Waals surface area contributed by atoms with Crippen molar-refractivity contribution in [2.75, 3.05) is 14.2 Å². The van der Waals surface area contributed by atoms with Crippen molar-refractivity contribution in [2.24, 2.45) is 0 Å². The van der Waals surface area contributed by atoms with Gasteiger partial charge in [0.2, 0.25) is 5.76 Å². The van der Waals surface area contributed by atoms with Crippen molar-refractivity contribution in [1.29, 1.82) is 0 Å². The van der Waals surface area contributed by atoms with Crippen molar-refractivity contribution >= 4 is 17.3 Å². The summed E-state index contributed by atoms with van der Waals surface area (Å²) >= 11 is 0. The maximum Gasteiger partial charge on any atom is 0.209 e. The number of furan rings is 1. The summed E-state index contributed by atoms with van der Waals surface area (Å²) in [4.78, 5) is 10.7. The van der Waals surface area contributed by atoms with E-state index < -0.39 is 0 Å². The van der Waals surface area contributed by atoms with Gasteiger partial charge in [-0.1, -0.05) is 6.07 Å². The van der Waals surface area contributed by atoms with Gasteiger partial charge >= 0.3 is 0 Å². The Hall–Kier alpha value is -1.97. The third-order valence-corrected chi connectivity index (χ3v) is 2.19. The highest BCUT2D eigenvalue weighted by Crippen LogP contribution is 2.36.